The van der Waals surface area contributed by atoms with Crippen molar-refractivity contribution in [3.63, 3.8) is 0 Å². The fraction of sp³-hybridized carbons (Fsp3) is 0.381. The smallest absolute Gasteiger partial charge is 0.243 e. The summed E-state index contributed by atoms with van der Waals surface area (Å²) in [6.45, 7) is 4.57. The van der Waals surface area contributed by atoms with Gasteiger partial charge in [-0.1, -0.05) is 30.7 Å². The van der Waals surface area contributed by atoms with Gasteiger partial charge in [0.05, 0.1) is 17.4 Å². The van der Waals surface area contributed by atoms with Crippen molar-refractivity contribution >= 4 is 21.6 Å². The molecular formula is C21H24N2O3S. The number of hydrogen-bond donors (Lipinski definition) is 0. The van der Waals surface area contributed by atoms with Crippen LogP contribution in [0.4, 0.5) is 5.69 Å². The summed E-state index contributed by atoms with van der Waals surface area (Å²) in [5.74, 6) is -0.00625. The first-order valence-electron chi connectivity index (χ1n) is 9.33. The zero-order valence-electron chi connectivity index (χ0n) is 15.9. The molecule has 0 aromatic heterocycles. The number of hydrogen-bond acceptors (Lipinski definition) is 3. The van der Waals surface area contributed by atoms with Gasteiger partial charge < -0.3 is 4.90 Å². The minimum atomic E-state index is -3.63. The molecule has 1 atom stereocenters. The van der Waals surface area contributed by atoms with Gasteiger partial charge in [0.1, 0.15) is 0 Å². The van der Waals surface area contributed by atoms with Crippen molar-refractivity contribution in [2.75, 3.05) is 18.5 Å². The van der Waals surface area contributed by atoms with Gasteiger partial charge in [0.2, 0.25) is 15.9 Å². The lowest BCUT2D eigenvalue weighted by molar-refractivity contribution is -0.117. The highest BCUT2D eigenvalue weighted by Gasteiger charge is 2.36. The van der Waals surface area contributed by atoms with Gasteiger partial charge in [-0.05, 0) is 54.7 Å². The van der Waals surface area contributed by atoms with E-state index in [-0.39, 0.29) is 23.3 Å². The van der Waals surface area contributed by atoms with Gasteiger partial charge in [0.25, 0.3) is 0 Å². The Morgan fingerprint density at radius 1 is 1.11 bits per heavy atom. The normalized spacial score (nSPS) is 19.9. The quantitative estimate of drug-likeness (QED) is 0.816. The van der Waals surface area contributed by atoms with Crippen LogP contribution in [-0.4, -0.2) is 32.2 Å². The van der Waals surface area contributed by atoms with Crippen LogP contribution in [0.2, 0.25) is 0 Å². The second-order valence-electron chi connectivity index (χ2n) is 7.41. The van der Waals surface area contributed by atoms with E-state index in [0.29, 0.717) is 6.54 Å². The second-order valence-corrected chi connectivity index (χ2v) is 9.30. The average molecular weight is 385 g/mol. The predicted octanol–water partition coefficient (Wildman–Crippen LogP) is 3.21. The van der Waals surface area contributed by atoms with E-state index in [1.165, 1.54) is 11.1 Å². The average Bonchev–Trinajstić information content (AvgIpc) is 2.93. The lowest BCUT2D eigenvalue weighted by Gasteiger charge is -2.36. The predicted molar refractivity (Wildman–Crippen MR) is 105 cm³/mol. The molecule has 1 amide bonds. The summed E-state index contributed by atoms with van der Waals surface area (Å²) in [6, 6.07) is 11.2. The van der Waals surface area contributed by atoms with Crippen LogP contribution in [0.5, 0.6) is 0 Å². The van der Waals surface area contributed by atoms with E-state index in [4.69, 9.17) is 0 Å². The summed E-state index contributed by atoms with van der Waals surface area (Å²) in [4.78, 5) is 13.8. The van der Waals surface area contributed by atoms with Crippen molar-refractivity contribution < 1.29 is 13.2 Å². The molecule has 0 aliphatic carbocycles. The lowest BCUT2D eigenvalue weighted by atomic mass is 9.91. The molecule has 1 unspecified atom stereocenters. The topological polar surface area (TPSA) is 57.7 Å². The second kappa shape index (κ2) is 6.46. The highest BCUT2D eigenvalue weighted by molar-refractivity contribution is 7.89. The molecular weight excluding hydrogens is 360 g/mol. The highest BCUT2D eigenvalue weighted by Crippen LogP contribution is 2.38. The number of aryl methyl sites for hydroxylation is 1. The number of carbonyl (C=O) groups is 1. The van der Waals surface area contributed by atoms with Gasteiger partial charge in [-0.2, -0.15) is 4.31 Å². The van der Waals surface area contributed by atoms with Gasteiger partial charge >= 0.3 is 0 Å². The Bertz CT molecular complexity index is 1030. The zero-order chi connectivity index (χ0) is 19.3. The number of amides is 1. The number of fused-ring (bicyclic) bond motifs is 2. The number of rotatable bonds is 3. The lowest BCUT2D eigenvalue weighted by Crippen LogP contribution is -2.39. The van der Waals surface area contributed by atoms with Gasteiger partial charge in [-0.25, -0.2) is 8.42 Å². The van der Waals surface area contributed by atoms with E-state index in [0.717, 1.165) is 29.7 Å². The van der Waals surface area contributed by atoms with Crippen LogP contribution in [0.15, 0.2) is 41.3 Å². The van der Waals surface area contributed by atoms with Crippen molar-refractivity contribution in [3.05, 3.63) is 58.7 Å². The fourth-order valence-electron chi connectivity index (χ4n) is 4.27. The molecule has 0 saturated carbocycles. The molecule has 0 bridgehead atoms. The molecule has 4 rings (SSSR count). The molecule has 2 aromatic rings. The number of anilines is 1. The van der Waals surface area contributed by atoms with Gasteiger partial charge in [-0.3, -0.25) is 4.79 Å². The summed E-state index contributed by atoms with van der Waals surface area (Å²) in [5, 5.41) is 0. The Kier molecular flexibility index (Phi) is 4.35. The third kappa shape index (κ3) is 2.87. The SMILES string of the molecule is CCC1c2ccc(C)cc2CCN1S(=O)(=O)c1ccc2c(c1)CC(=O)N2C. The Hall–Kier alpha value is -2.18. The molecule has 2 aromatic carbocycles. The Labute approximate surface area is 160 Å². The first kappa shape index (κ1) is 18.2. The van der Waals surface area contributed by atoms with Crippen LogP contribution in [0.3, 0.4) is 0 Å². The highest BCUT2D eigenvalue weighted by atomic mass is 32.2. The van der Waals surface area contributed by atoms with Gasteiger partial charge in [-0.15, -0.1) is 0 Å². The van der Waals surface area contributed by atoms with E-state index in [1.54, 1.807) is 34.5 Å². The maximum Gasteiger partial charge on any atom is 0.243 e. The summed E-state index contributed by atoms with van der Waals surface area (Å²) in [6.07, 6.45) is 1.70. The summed E-state index contributed by atoms with van der Waals surface area (Å²) in [7, 11) is -1.91. The number of carbonyl (C=O) groups excluding carboxylic acids is 1. The van der Waals surface area contributed by atoms with Crippen molar-refractivity contribution in [2.24, 2.45) is 0 Å². The molecule has 2 aliphatic heterocycles. The summed E-state index contributed by atoms with van der Waals surface area (Å²) >= 11 is 0. The Morgan fingerprint density at radius 2 is 1.89 bits per heavy atom. The molecule has 0 saturated heterocycles. The fourth-order valence-corrected chi connectivity index (χ4v) is 6.00. The van der Waals surface area contributed by atoms with Crippen molar-refractivity contribution in [2.45, 2.75) is 44.0 Å². The van der Waals surface area contributed by atoms with Crippen LogP contribution in [-0.2, 0) is 27.7 Å². The van der Waals surface area contributed by atoms with Crippen LogP contribution < -0.4 is 4.90 Å². The Morgan fingerprint density at radius 3 is 2.63 bits per heavy atom. The van der Waals surface area contributed by atoms with Crippen molar-refractivity contribution in [3.8, 4) is 0 Å². The Balaban J connectivity index is 1.73. The summed E-state index contributed by atoms with van der Waals surface area (Å²) < 4.78 is 28.5. The molecule has 2 aliphatic rings. The maximum absolute atomic E-state index is 13.4. The monoisotopic (exact) mass is 384 g/mol. The summed E-state index contributed by atoms with van der Waals surface area (Å²) in [5.41, 5.74) is 5.13. The molecule has 6 heteroatoms. The number of benzene rings is 2. The van der Waals surface area contributed by atoms with Crippen LogP contribution in [0.25, 0.3) is 0 Å². The largest absolute Gasteiger partial charge is 0.315 e. The van der Waals surface area contributed by atoms with E-state index < -0.39 is 10.0 Å². The van der Waals surface area contributed by atoms with Crippen LogP contribution in [0.1, 0.15) is 41.6 Å². The number of nitrogens with zero attached hydrogens (tertiary/aromatic N) is 2. The molecule has 142 valence electrons. The molecule has 27 heavy (non-hydrogen) atoms. The zero-order valence-corrected chi connectivity index (χ0v) is 16.7. The first-order valence-corrected chi connectivity index (χ1v) is 10.8. The van der Waals surface area contributed by atoms with Gasteiger partial charge in [0, 0.05) is 19.3 Å². The third-order valence-electron chi connectivity index (χ3n) is 5.73. The first-order chi connectivity index (χ1) is 12.8. The third-order valence-corrected chi connectivity index (χ3v) is 7.63. The van der Waals surface area contributed by atoms with Crippen LogP contribution >= 0.6 is 0 Å². The van der Waals surface area contributed by atoms with E-state index in [2.05, 4.69) is 25.1 Å². The molecule has 0 fully saturated rings. The molecule has 2 heterocycles. The van der Waals surface area contributed by atoms with Crippen molar-refractivity contribution in [1.82, 2.24) is 4.31 Å². The number of likely N-dealkylation sites (N-methyl/N-ethyl adjacent to an activating group) is 1. The minimum Gasteiger partial charge on any atom is -0.315 e. The maximum atomic E-state index is 13.4. The van der Waals surface area contributed by atoms with E-state index >= 15 is 0 Å². The van der Waals surface area contributed by atoms with Crippen LogP contribution in [0, 0.1) is 6.92 Å². The standard InChI is InChI=1S/C21H24N2O3S/c1-4-19-18-7-5-14(2)11-15(18)9-10-23(19)27(25,26)17-6-8-20-16(12-17)13-21(24)22(20)3/h5-8,11-12,19H,4,9-10,13H2,1-3H3. The van der Waals surface area contributed by atoms with Crippen molar-refractivity contribution in [1.29, 1.82) is 0 Å². The molecule has 0 spiro atoms. The number of sulfonamides is 1. The van der Waals surface area contributed by atoms with Gasteiger partial charge in [0.15, 0.2) is 0 Å². The molecule has 5 nitrogen and oxygen atoms in total. The van der Waals surface area contributed by atoms with E-state index in [1.807, 2.05) is 6.92 Å². The minimum absolute atomic E-state index is 0.00625. The molecule has 0 N–H and O–H groups in total. The van der Waals surface area contributed by atoms with E-state index in [9.17, 15) is 13.2 Å². The molecule has 0 radical (unpaired) electrons.